The Morgan fingerprint density at radius 1 is 1.14 bits per heavy atom. The molecule has 0 aliphatic heterocycles. The molecule has 0 spiro atoms. The number of benzene rings is 1. The molecular weight excluding hydrogens is 426 g/mol. The van der Waals surface area contributed by atoms with Crippen LogP contribution in [0.25, 0.3) is 0 Å². The van der Waals surface area contributed by atoms with E-state index in [2.05, 4.69) is 0 Å². The lowest BCUT2D eigenvalue weighted by molar-refractivity contribution is 0.595. The standard InChI is InChI=1S/C9H10I2O2S/c1-7-3-5-8(6-4-7)14(12,13)9(2,10)11/h3-6H,1-2H3. The molecule has 1 rings (SSSR count). The second-order valence-electron chi connectivity index (χ2n) is 3.12. The molecule has 0 bridgehead atoms. The molecule has 0 aliphatic carbocycles. The Morgan fingerprint density at radius 3 is 1.93 bits per heavy atom. The summed E-state index contributed by atoms with van der Waals surface area (Å²) in [7, 11) is -3.22. The van der Waals surface area contributed by atoms with Gasteiger partial charge in [-0.15, -0.1) is 0 Å². The van der Waals surface area contributed by atoms with E-state index >= 15 is 0 Å². The van der Waals surface area contributed by atoms with Crippen LogP contribution in [0.3, 0.4) is 0 Å². The number of rotatable bonds is 2. The van der Waals surface area contributed by atoms with Gasteiger partial charge in [-0.2, -0.15) is 0 Å². The van der Waals surface area contributed by atoms with E-state index in [0.29, 0.717) is 4.90 Å². The lowest BCUT2D eigenvalue weighted by atomic mass is 10.2. The van der Waals surface area contributed by atoms with E-state index in [4.69, 9.17) is 0 Å². The summed E-state index contributed by atoms with van der Waals surface area (Å²) in [4.78, 5) is 0.384. The molecule has 0 amide bonds. The lowest BCUT2D eigenvalue weighted by Gasteiger charge is -2.15. The molecule has 0 atom stereocenters. The highest BCUT2D eigenvalue weighted by Crippen LogP contribution is 2.37. The molecule has 0 heterocycles. The number of halogens is 2. The summed E-state index contributed by atoms with van der Waals surface area (Å²) in [5.74, 6) is 0. The Balaban J connectivity index is 3.25. The highest BCUT2D eigenvalue weighted by molar-refractivity contribution is 14.2. The minimum absolute atomic E-state index is 0.384. The van der Waals surface area contributed by atoms with Crippen molar-refractivity contribution < 1.29 is 8.42 Å². The molecule has 0 unspecified atom stereocenters. The van der Waals surface area contributed by atoms with Crippen LogP contribution in [0.15, 0.2) is 29.2 Å². The predicted octanol–water partition coefficient (Wildman–Crippen LogP) is 3.31. The van der Waals surface area contributed by atoms with E-state index in [0.717, 1.165) is 5.56 Å². The van der Waals surface area contributed by atoms with Crippen LogP contribution in [-0.4, -0.2) is 9.18 Å². The SMILES string of the molecule is Cc1ccc(S(=O)(=O)C(C)(I)I)cc1. The molecule has 0 aromatic heterocycles. The van der Waals surface area contributed by atoms with Crippen LogP contribution in [0.2, 0.25) is 0 Å². The smallest absolute Gasteiger partial charge is 0.202 e. The Bertz CT molecular complexity index is 415. The van der Waals surface area contributed by atoms with E-state index in [-0.39, 0.29) is 0 Å². The minimum Gasteiger partial charge on any atom is -0.221 e. The average Bonchev–Trinajstić information content (AvgIpc) is 2.03. The van der Waals surface area contributed by atoms with Crippen molar-refractivity contribution in [3.05, 3.63) is 29.8 Å². The van der Waals surface area contributed by atoms with Crippen LogP contribution in [0.5, 0.6) is 0 Å². The average molecular weight is 436 g/mol. The van der Waals surface area contributed by atoms with E-state index in [1.54, 1.807) is 19.1 Å². The van der Waals surface area contributed by atoms with Crippen molar-refractivity contribution in [3.63, 3.8) is 0 Å². The molecule has 2 nitrogen and oxygen atoms in total. The molecule has 5 heteroatoms. The Kier molecular flexibility index (Phi) is 3.85. The van der Waals surface area contributed by atoms with E-state index < -0.39 is 10.6 Å². The van der Waals surface area contributed by atoms with Crippen LogP contribution in [0.1, 0.15) is 12.5 Å². The van der Waals surface area contributed by atoms with Crippen LogP contribution >= 0.6 is 45.2 Å². The van der Waals surface area contributed by atoms with Gasteiger partial charge in [0, 0.05) is 0 Å². The maximum atomic E-state index is 12.0. The lowest BCUT2D eigenvalue weighted by Crippen LogP contribution is -2.20. The van der Waals surface area contributed by atoms with E-state index in [9.17, 15) is 8.42 Å². The summed E-state index contributed by atoms with van der Waals surface area (Å²) in [6, 6.07) is 6.93. The summed E-state index contributed by atoms with van der Waals surface area (Å²) in [5, 5.41) is 0. The third kappa shape index (κ3) is 2.60. The topological polar surface area (TPSA) is 34.1 Å². The molecule has 0 radical (unpaired) electrons. The van der Waals surface area contributed by atoms with Gasteiger partial charge >= 0.3 is 0 Å². The molecule has 14 heavy (non-hydrogen) atoms. The normalized spacial score (nSPS) is 12.9. The number of hydrogen-bond donors (Lipinski definition) is 0. The van der Waals surface area contributed by atoms with Crippen molar-refractivity contribution in [2.24, 2.45) is 0 Å². The highest BCUT2D eigenvalue weighted by atomic mass is 127. The van der Waals surface area contributed by atoms with Crippen LogP contribution in [0, 0.1) is 6.92 Å². The van der Waals surface area contributed by atoms with Gasteiger partial charge in [0.05, 0.1) is 4.90 Å². The molecule has 0 saturated heterocycles. The molecule has 0 aliphatic rings. The van der Waals surface area contributed by atoms with Crippen molar-refractivity contribution in [1.29, 1.82) is 0 Å². The number of sulfone groups is 1. The van der Waals surface area contributed by atoms with Crippen molar-refractivity contribution in [1.82, 2.24) is 0 Å². The zero-order chi connectivity index (χ0) is 11.0. The monoisotopic (exact) mass is 436 g/mol. The Hall–Kier alpha value is 0.630. The minimum atomic E-state index is -3.22. The Labute approximate surface area is 112 Å². The zero-order valence-corrected chi connectivity index (χ0v) is 12.9. The van der Waals surface area contributed by atoms with Gasteiger partial charge in [-0.05, 0) is 71.2 Å². The van der Waals surface area contributed by atoms with Crippen LogP contribution < -0.4 is 0 Å². The van der Waals surface area contributed by atoms with E-state index in [1.807, 2.05) is 64.2 Å². The van der Waals surface area contributed by atoms with Gasteiger partial charge in [-0.1, -0.05) is 17.7 Å². The first-order valence-electron chi connectivity index (χ1n) is 3.94. The molecule has 1 aromatic carbocycles. The number of alkyl halides is 2. The second kappa shape index (κ2) is 4.25. The summed E-state index contributed by atoms with van der Waals surface area (Å²) >= 11 is 3.86. The quantitative estimate of drug-likeness (QED) is 0.527. The maximum absolute atomic E-state index is 12.0. The van der Waals surface area contributed by atoms with Gasteiger partial charge < -0.3 is 0 Å². The first-order valence-corrected chi connectivity index (χ1v) is 7.58. The van der Waals surface area contributed by atoms with Crippen molar-refractivity contribution in [2.75, 3.05) is 0 Å². The third-order valence-corrected chi connectivity index (χ3v) is 7.12. The first kappa shape index (κ1) is 12.7. The zero-order valence-electron chi connectivity index (χ0n) is 7.79. The molecular formula is C9H10I2O2S. The summed E-state index contributed by atoms with van der Waals surface area (Å²) < 4.78 is 23.1. The number of hydrogen-bond acceptors (Lipinski definition) is 2. The summed E-state index contributed by atoms with van der Waals surface area (Å²) in [6.45, 7) is 3.62. The molecule has 0 fully saturated rings. The summed E-state index contributed by atoms with van der Waals surface area (Å²) in [6.07, 6.45) is 0. The molecule has 0 N–H and O–H groups in total. The fourth-order valence-electron chi connectivity index (χ4n) is 0.924. The van der Waals surface area contributed by atoms with Crippen LogP contribution in [0.4, 0.5) is 0 Å². The van der Waals surface area contributed by atoms with Crippen LogP contribution in [-0.2, 0) is 9.84 Å². The third-order valence-electron chi connectivity index (χ3n) is 1.80. The molecule has 0 saturated carbocycles. The fraction of sp³-hybridized carbons (Fsp3) is 0.333. The largest absolute Gasteiger partial charge is 0.221 e. The molecule has 1 aromatic rings. The second-order valence-corrected chi connectivity index (χ2v) is 13.3. The van der Waals surface area contributed by atoms with Gasteiger partial charge in [-0.25, -0.2) is 8.42 Å². The fourth-order valence-corrected chi connectivity index (χ4v) is 3.36. The van der Waals surface area contributed by atoms with Gasteiger partial charge in [0.2, 0.25) is 9.84 Å². The van der Waals surface area contributed by atoms with Crippen molar-refractivity contribution in [2.45, 2.75) is 19.5 Å². The first-order chi connectivity index (χ1) is 6.25. The number of aryl methyl sites for hydroxylation is 1. The predicted molar refractivity (Wildman–Crippen MR) is 74.8 cm³/mol. The summed E-state index contributed by atoms with van der Waals surface area (Å²) in [5.41, 5.74) is 1.06. The van der Waals surface area contributed by atoms with Gasteiger partial charge in [0.1, 0.15) is 0 Å². The van der Waals surface area contributed by atoms with Gasteiger partial charge in [0.25, 0.3) is 0 Å². The highest BCUT2D eigenvalue weighted by Gasteiger charge is 2.34. The van der Waals surface area contributed by atoms with Gasteiger partial charge in [-0.3, -0.25) is 0 Å². The van der Waals surface area contributed by atoms with Crippen molar-refractivity contribution >= 4 is 55.0 Å². The van der Waals surface area contributed by atoms with E-state index in [1.165, 1.54) is 0 Å². The molecule has 78 valence electrons. The van der Waals surface area contributed by atoms with Gasteiger partial charge in [0.15, 0.2) is 0.760 Å². The Morgan fingerprint density at radius 2 is 1.57 bits per heavy atom. The van der Waals surface area contributed by atoms with Crippen molar-refractivity contribution in [3.8, 4) is 0 Å². The maximum Gasteiger partial charge on any atom is 0.202 e.